The maximum Gasteiger partial charge on any atom is 0.301 e. The number of halogens is 1. The number of hydrogen-bond acceptors (Lipinski definition) is 6. The first-order chi connectivity index (χ1) is 17.4. The van der Waals surface area contributed by atoms with Gasteiger partial charge in [-0.1, -0.05) is 42.5 Å². The number of thiazole rings is 1. The van der Waals surface area contributed by atoms with Crippen LogP contribution in [-0.4, -0.2) is 28.4 Å². The average Bonchev–Trinajstić information content (AvgIpc) is 3.42. The largest absolute Gasteiger partial charge is 0.507 e. The maximum atomic E-state index is 15.1. The van der Waals surface area contributed by atoms with Gasteiger partial charge in [0.1, 0.15) is 23.4 Å². The van der Waals surface area contributed by atoms with Crippen LogP contribution in [0.3, 0.4) is 0 Å². The molecule has 1 saturated heterocycles. The number of carbonyl (C=O) groups excluding carboxylic acids is 2. The van der Waals surface area contributed by atoms with Crippen LogP contribution in [0.4, 0.5) is 9.52 Å². The number of hydrogen-bond donors (Lipinski definition) is 1. The molecule has 0 unspecified atom stereocenters. The molecule has 5 rings (SSSR count). The Morgan fingerprint density at radius 3 is 2.53 bits per heavy atom. The van der Waals surface area contributed by atoms with Crippen LogP contribution in [0.15, 0.2) is 72.3 Å². The van der Waals surface area contributed by atoms with Gasteiger partial charge in [-0.25, -0.2) is 9.37 Å². The molecule has 2 heterocycles. The zero-order valence-electron chi connectivity index (χ0n) is 19.7. The van der Waals surface area contributed by atoms with E-state index in [0.717, 1.165) is 16.7 Å². The molecule has 1 amide bonds. The number of benzene rings is 3. The molecular formula is C28H23FN2O4S. The minimum absolute atomic E-state index is 0.0951. The highest BCUT2D eigenvalue weighted by Gasteiger charge is 2.49. The second-order valence-electron chi connectivity index (χ2n) is 8.30. The summed E-state index contributed by atoms with van der Waals surface area (Å²) < 4.78 is 21.4. The number of anilines is 1. The first-order valence-corrected chi connectivity index (χ1v) is 12.4. The topological polar surface area (TPSA) is 79.7 Å². The quantitative estimate of drug-likeness (QED) is 0.198. The van der Waals surface area contributed by atoms with Gasteiger partial charge in [0.15, 0.2) is 5.13 Å². The van der Waals surface area contributed by atoms with Crippen LogP contribution in [-0.2, 0) is 16.0 Å². The summed E-state index contributed by atoms with van der Waals surface area (Å²) in [7, 11) is 0. The zero-order chi connectivity index (χ0) is 25.4. The number of aliphatic hydroxyl groups is 1. The lowest BCUT2D eigenvalue weighted by Gasteiger charge is -2.23. The van der Waals surface area contributed by atoms with E-state index in [9.17, 15) is 14.7 Å². The molecule has 3 aromatic carbocycles. The molecule has 1 aliphatic rings. The van der Waals surface area contributed by atoms with Crippen molar-refractivity contribution in [2.75, 3.05) is 11.5 Å². The second-order valence-corrected chi connectivity index (χ2v) is 9.31. The van der Waals surface area contributed by atoms with E-state index in [2.05, 4.69) is 4.98 Å². The zero-order valence-corrected chi connectivity index (χ0v) is 20.5. The summed E-state index contributed by atoms with van der Waals surface area (Å²) >= 11 is 1.25. The molecule has 0 radical (unpaired) electrons. The van der Waals surface area contributed by atoms with E-state index < -0.39 is 23.5 Å². The Morgan fingerprint density at radius 2 is 1.83 bits per heavy atom. The second kappa shape index (κ2) is 9.54. The summed E-state index contributed by atoms with van der Waals surface area (Å²) in [6, 6.07) is 17.1. The molecule has 1 aromatic heterocycles. The fourth-order valence-electron chi connectivity index (χ4n) is 4.33. The average molecular weight is 503 g/mol. The fourth-order valence-corrected chi connectivity index (χ4v) is 5.39. The Morgan fingerprint density at radius 1 is 1.08 bits per heavy atom. The number of ether oxygens (including phenoxy) is 1. The molecule has 1 atom stereocenters. The van der Waals surface area contributed by atoms with Crippen LogP contribution in [0.2, 0.25) is 0 Å². The highest BCUT2D eigenvalue weighted by Crippen LogP contribution is 2.45. The minimum Gasteiger partial charge on any atom is -0.507 e. The van der Waals surface area contributed by atoms with Gasteiger partial charge >= 0.3 is 5.91 Å². The van der Waals surface area contributed by atoms with Gasteiger partial charge in [-0.3, -0.25) is 14.5 Å². The molecule has 1 aliphatic heterocycles. The van der Waals surface area contributed by atoms with E-state index in [1.54, 1.807) is 30.3 Å². The summed E-state index contributed by atoms with van der Waals surface area (Å²) in [6.45, 7) is 4.38. The monoisotopic (exact) mass is 502 g/mol. The molecule has 6 nitrogen and oxygen atoms in total. The molecule has 4 aromatic rings. The lowest BCUT2D eigenvalue weighted by atomic mass is 9.95. The van der Waals surface area contributed by atoms with Crippen LogP contribution >= 0.6 is 11.3 Å². The van der Waals surface area contributed by atoms with Crippen molar-refractivity contribution < 1.29 is 23.8 Å². The third-order valence-electron chi connectivity index (χ3n) is 6.14. The Kier molecular flexibility index (Phi) is 6.28. The normalized spacial score (nSPS) is 17.2. The van der Waals surface area contributed by atoms with Gasteiger partial charge in [0, 0.05) is 11.1 Å². The number of carbonyl (C=O) groups is 2. The van der Waals surface area contributed by atoms with Crippen LogP contribution < -0.4 is 9.64 Å². The summed E-state index contributed by atoms with van der Waals surface area (Å²) in [5, 5.41) is 11.5. The molecule has 182 valence electrons. The molecule has 0 bridgehead atoms. The SMILES string of the molecule is CCOc1ccc(C(O)=C2C(=O)C(=O)N(c3nc4ccc(CC)cc4s3)[C@H]2c2ccccc2F)cc1. The third-order valence-corrected chi connectivity index (χ3v) is 7.16. The van der Waals surface area contributed by atoms with E-state index in [0.29, 0.717) is 23.4 Å². The van der Waals surface area contributed by atoms with Gasteiger partial charge in [0.25, 0.3) is 5.78 Å². The highest BCUT2D eigenvalue weighted by molar-refractivity contribution is 7.22. The van der Waals surface area contributed by atoms with Crippen LogP contribution in [0, 0.1) is 5.82 Å². The molecule has 1 fully saturated rings. The molecule has 0 aliphatic carbocycles. The summed E-state index contributed by atoms with van der Waals surface area (Å²) in [6.07, 6.45) is 0.838. The number of aliphatic hydroxyl groups excluding tert-OH is 1. The number of aryl methyl sites for hydroxylation is 1. The fraction of sp³-hybridized carbons (Fsp3) is 0.179. The predicted octanol–water partition coefficient (Wildman–Crippen LogP) is 6.02. The molecule has 36 heavy (non-hydrogen) atoms. The van der Waals surface area contributed by atoms with E-state index >= 15 is 4.39 Å². The van der Waals surface area contributed by atoms with E-state index in [1.165, 1.54) is 34.4 Å². The van der Waals surface area contributed by atoms with Gasteiger partial charge in [0.2, 0.25) is 0 Å². The molecule has 0 saturated carbocycles. The Balaban J connectivity index is 1.69. The van der Waals surface area contributed by atoms with Gasteiger partial charge in [-0.2, -0.15) is 0 Å². The van der Waals surface area contributed by atoms with Crippen molar-refractivity contribution in [3.8, 4) is 5.75 Å². The highest BCUT2D eigenvalue weighted by atomic mass is 32.1. The number of Topliss-reactive ketones (excluding diaryl/α,β-unsaturated/α-hetero) is 1. The summed E-state index contributed by atoms with van der Waals surface area (Å²) in [5.74, 6) is -2.15. The van der Waals surface area contributed by atoms with E-state index in [4.69, 9.17) is 4.74 Å². The number of rotatable bonds is 6. The van der Waals surface area contributed by atoms with Crippen molar-refractivity contribution in [3.63, 3.8) is 0 Å². The molecular weight excluding hydrogens is 479 g/mol. The Labute approximate surface area is 211 Å². The van der Waals surface area contributed by atoms with E-state index in [1.807, 2.05) is 32.0 Å². The van der Waals surface area contributed by atoms with Crippen molar-refractivity contribution in [1.29, 1.82) is 0 Å². The molecule has 1 N–H and O–H groups in total. The van der Waals surface area contributed by atoms with Crippen molar-refractivity contribution in [2.24, 2.45) is 0 Å². The third kappa shape index (κ3) is 4.03. The summed E-state index contributed by atoms with van der Waals surface area (Å²) in [5.41, 5.74) is 2.00. The number of aromatic nitrogens is 1. The van der Waals surface area contributed by atoms with Crippen LogP contribution in [0.1, 0.15) is 36.6 Å². The number of fused-ring (bicyclic) bond motifs is 1. The van der Waals surface area contributed by atoms with Gasteiger partial charge in [0.05, 0.1) is 22.4 Å². The Hall–Kier alpha value is -4.04. The van der Waals surface area contributed by atoms with Crippen molar-refractivity contribution >= 4 is 44.1 Å². The first kappa shape index (κ1) is 23.7. The number of amides is 1. The Bertz CT molecular complexity index is 1510. The van der Waals surface area contributed by atoms with Crippen LogP contribution in [0.25, 0.3) is 16.0 Å². The first-order valence-electron chi connectivity index (χ1n) is 11.6. The van der Waals surface area contributed by atoms with Gasteiger partial charge in [-0.15, -0.1) is 0 Å². The number of nitrogens with zero attached hydrogens (tertiary/aromatic N) is 2. The van der Waals surface area contributed by atoms with E-state index in [-0.39, 0.29) is 22.0 Å². The molecule has 8 heteroatoms. The lowest BCUT2D eigenvalue weighted by Crippen LogP contribution is -2.29. The van der Waals surface area contributed by atoms with Crippen molar-refractivity contribution in [2.45, 2.75) is 26.3 Å². The number of ketones is 1. The maximum absolute atomic E-state index is 15.1. The van der Waals surface area contributed by atoms with Crippen molar-refractivity contribution in [1.82, 2.24) is 4.98 Å². The predicted molar refractivity (Wildman–Crippen MR) is 138 cm³/mol. The van der Waals surface area contributed by atoms with Crippen LogP contribution in [0.5, 0.6) is 5.75 Å². The lowest BCUT2D eigenvalue weighted by molar-refractivity contribution is -0.132. The standard InChI is InChI=1S/C28H23FN2O4S/c1-3-16-9-14-21-22(15-16)36-28(30-21)31-24(19-7-5-6-8-20(19)29)23(26(33)27(31)34)25(32)17-10-12-18(13-11-17)35-4-2/h5-15,24,32H,3-4H2,1-2H3/t24-/m0/s1. The smallest absolute Gasteiger partial charge is 0.301 e. The van der Waals surface area contributed by atoms with Gasteiger partial charge in [-0.05, 0) is 61.4 Å². The minimum atomic E-state index is -1.18. The van der Waals surface area contributed by atoms with Gasteiger partial charge < -0.3 is 9.84 Å². The summed E-state index contributed by atoms with van der Waals surface area (Å²) in [4.78, 5) is 32.4. The van der Waals surface area contributed by atoms with Crippen molar-refractivity contribution in [3.05, 3.63) is 94.8 Å². The molecule has 0 spiro atoms.